The molecule has 2 aromatic heterocycles. The summed E-state index contributed by atoms with van der Waals surface area (Å²) in [7, 11) is 0. The van der Waals surface area contributed by atoms with Crippen LogP contribution in [0.2, 0.25) is 0 Å². The Balaban J connectivity index is 1.38. The first-order valence-corrected chi connectivity index (χ1v) is 12.2. The number of carbonyl (C=O) groups is 1. The zero-order valence-electron chi connectivity index (χ0n) is 21.0. The minimum absolute atomic E-state index is 0.00981. The fourth-order valence-corrected chi connectivity index (χ4v) is 4.55. The van der Waals surface area contributed by atoms with Crippen molar-refractivity contribution in [2.75, 3.05) is 26.2 Å². The van der Waals surface area contributed by atoms with Gasteiger partial charge in [-0.1, -0.05) is 42.0 Å². The maximum atomic E-state index is 14.0. The van der Waals surface area contributed by atoms with Gasteiger partial charge in [0.2, 0.25) is 0 Å². The summed E-state index contributed by atoms with van der Waals surface area (Å²) in [6, 6.07) is 16.1. The van der Waals surface area contributed by atoms with Gasteiger partial charge in [-0.3, -0.25) is 9.69 Å². The van der Waals surface area contributed by atoms with Gasteiger partial charge in [0.15, 0.2) is 17.0 Å². The molecule has 1 saturated heterocycles. The molecule has 9 heteroatoms. The predicted molar refractivity (Wildman–Crippen MR) is 135 cm³/mol. The van der Waals surface area contributed by atoms with E-state index in [-0.39, 0.29) is 22.9 Å². The van der Waals surface area contributed by atoms with Crippen LogP contribution < -0.4 is 0 Å². The molecule has 0 radical (unpaired) electrons. The molecule has 1 aliphatic rings. The minimum Gasteiger partial charge on any atom is -0.335 e. The van der Waals surface area contributed by atoms with Crippen LogP contribution in [0.5, 0.6) is 0 Å². The number of rotatable bonds is 4. The number of fused-ring (bicyclic) bond motifs is 1. The number of aromatic nitrogens is 3. The lowest BCUT2D eigenvalue weighted by molar-refractivity contribution is -0.142. The van der Waals surface area contributed by atoms with Crippen molar-refractivity contribution in [2.45, 2.75) is 33.5 Å². The molecule has 1 amide bonds. The van der Waals surface area contributed by atoms with Crippen LogP contribution >= 0.6 is 0 Å². The molecule has 0 N–H and O–H groups in total. The lowest BCUT2D eigenvalue weighted by Crippen LogP contribution is -2.48. The van der Waals surface area contributed by atoms with Crippen molar-refractivity contribution in [1.82, 2.24) is 24.4 Å². The fraction of sp³-hybridized carbons (Fsp3) is 0.321. The summed E-state index contributed by atoms with van der Waals surface area (Å²) in [5, 5.41) is 4.05. The number of hydrogen-bond donors (Lipinski definition) is 0. The van der Waals surface area contributed by atoms with Crippen LogP contribution in [0.4, 0.5) is 13.2 Å². The number of benzene rings is 2. The third-order valence-electron chi connectivity index (χ3n) is 6.93. The Kier molecular flexibility index (Phi) is 6.49. The van der Waals surface area contributed by atoms with E-state index in [0.29, 0.717) is 31.7 Å². The van der Waals surface area contributed by atoms with Gasteiger partial charge in [-0.05, 0) is 49.6 Å². The Bertz CT molecular complexity index is 1450. The Morgan fingerprint density at radius 3 is 2.24 bits per heavy atom. The lowest BCUT2D eigenvalue weighted by Gasteiger charge is -2.34. The molecule has 0 atom stereocenters. The van der Waals surface area contributed by atoms with Crippen LogP contribution in [0.25, 0.3) is 16.9 Å². The SMILES string of the molecule is Cc1ccc(CN2CCN(C(=O)c3cc4nc(-c5ccc(C)c(C)c5)cc(C(F)(F)F)n4n3)CC2)cc1. The van der Waals surface area contributed by atoms with E-state index in [1.54, 1.807) is 11.0 Å². The molecule has 37 heavy (non-hydrogen) atoms. The van der Waals surface area contributed by atoms with E-state index >= 15 is 0 Å². The summed E-state index contributed by atoms with van der Waals surface area (Å²) in [5.74, 6) is -0.388. The molecular formula is C28H28F3N5O. The van der Waals surface area contributed by atoms with Gasteiger partial charge in [0.25, 0.3) is 5.91 Å². The second-order valence-corrected chi connectivity index (χ2v) is 9.68. The van der Waals surface area contributed by atoms with Gasteiger partial charge in [-0.15, -0.1) is 0 Å². The first-order valence-electron chi connectivity index (χ1n) is 12.2. The molecule has 5 rings (SSSR count). The summed E-state index contributed by atoms with van der Waals surface area (Å²) in [5.41, 5.74) is 4.16. The second kappa shape index (κ2) is 9.63. The van der Waals surface area contributed by atoms with Crippen LogP contribution in [0.3, 0.4) is 0 Å². The molecule has 6 nitrogen and oxygen atoms in total. The highest BCUT2D eigenvalue weighted by Gasteiger charge is 2.36. The maximum absolute atomic E-state index is 14.0. The number of alkyl halides is 3. The fourth-order valence-electron chi connectivity index (χ4n) is 4.55. The van der Waals surface area contributed by atoms with Crippen molar-refractivity contribution in [3.63, 3.8) is 0 Å². The van der Waals surface area contributed by atoms with Crippen LogP contribution in [0.1, 0.15) is 38.4 Å². The first kappa shape index (κ1) is 25.0. The summed E-state index contributed by atoms with van der Waals surface area (Å²) in [6.07, 6.45) is -4.66. The number of carbonyl (C=O) groups excluding carboxylic acids is 1. The van der Waals surface area contributed by atoms with Crippen LogP contribution in [-0.4, -0.2) is 56.5 Å². The quantitative estimate of drug-likeness (QED) is 0.376. The van der Waals surface area contributed by atoms with Gasteiger partial charge >= 0.3 is 6.18 Å². The number of aryl methyl sites for hydroxylation is 3. The van der Waals surface area contributed by atoms with E-state index in [9.17, 15) is 18.0 Å². The highest BCUT2D eigenvalue weighted by atomic mass is 19.4. The van der Waals surface area contributed by atoms with Gasteiger partial charge in [-0.25, -0.2) is 9.50 Å². The molecule has 0 unspecified atom stereocenters. The van der Waals surface area contributed by atoms with Crippen molar-refractivity contribution in [3.05, 3.63) is 88.2 Å². The normalized spacial score (nSPS) is 14.9. The second-order valence-electron chi connectivity index (χ2n) is 9.68. The van der Waals surface area contributed by atoms with Crippen molar-refractivity contribution in [3.8, 4) is 11.3 Å². The van der Waals surface area contributed by atoms with Crippen LogP contribution in [0.15, 0.2) is 54.6 Å². The number of nitrogens with zero attached hydrogens (tertiary/aromatic N) is 5. The molecule has 4 aromatic rings. The van der Waals surface area contributed by atoms with E-state index in [0.717, 1.165) is 28.3 Å². The third kappa shape index (κ3) is 5.22. The molecule has 2 aromatic carbocycles. The monoisotopic (exact) mass is 507 g/mol. The molecule has 3 heterocycles. The molecule has 1 fully saturated rings. The Hall–Kier alpha value is -3.72. The molecule has 0 spiro atoms. The first-order chi connectivity index (χ1) is 17.6. The molecule has 0 bridgehead atoms. The van der Waals surface area contributed by atoms with Gasteiger partial charge in [0.1, 0.15) is 0 Å². The van der Waals surface area contributed by atoms with Crippen molar-refractivity contribution >= 4 is 11.6 Å². The highest BCUT2D eigenvalue weighted by molar-refractivity contribution is 5.93. The lowest BCUT2D eigenvalue weighted by atomic mass is 10.0. The predicted octanol–water partition coefficient (Wildman–Crippen LogP) is 5.30. The van der Waals surface area contributed by atoms with E-state index in [2.05, 4.69) is 39.2 Å². The summed E-state index contributed by atoms with van der Waals surface area (Å²) >= 11 is 0. The number of hydrogen-bond acceptors (Lipinski definition) is 4. The van der Waals surface area contributed by atoms with Gasteiger partial charge < -0.3 is 4.90 Å². The zero-order chi connectivity index (χ0) is 26.3. The number of piperazine rings is 1. The average molecular weight is 508 g/mol. The van der Waals surface area contributed by atoms with E-state index in [1.807, 2.05) is 32.9 Å². The average Bonchev–Trinajstić information content (AvgIpc) is 3.30. The Morgan fingerprint density at radius 1 is 0.892 bits per heavy atom. The molecule has 0 saturated carbocycles. The molecule has 1 aliphatic heterocycles. The number of halogens is 3. The van der Waals surface area contributed by atoms with Crippen LogP contribution in [0, 0.1) is 20.8 Å². The largest absolute Gasteiger partial charge is 0.433 e. The Labute approximate surface area is 213 Å². The van der Waals surface area contributed by atoms with Gasteiger partial charge in [0.05, 0.1) is 5.69 Å². The molecule has 0 aliphatic carbocycles. The van der Waals surface area contributed by atoms with Gasteiger partial charge in [-0.2, -0.15) is 18.3 Å². The van der Waals surface area contributed by atoms with Crippen molar-refractivity contribution < 1.29 is 18.0 Å². The molecule has 192 valence electrons. The maximum Gasteiger partial charge on any atom is 0.433 e. The third-order valence-corrected chi connectivity index (χ3v) is 6.93. The van der Waals surface area contributed by atoms with Gasteiger partial charge in [0, 0.05) is 44.4 Å². The number of amides is 1. The highest BCUT2D eigenvalue weighted by Crippen LogP contribution is 2.33. The Morgan fingerprint density at radius 2 is 1.59 bits per heavy atom. The minimum atomic E-state index is -4.66. The van der Waals surface area contributed by atoms with Crippen molar-refractivity contribution in [1.29, 1.82) is 0 Å². The van der Waals surface area contributed by atoms with E-state index < -0.39 is 11.9 Å². The van der Waals surface area contributed by atoms with Crippen molar-refractivity contribution in [2.24, 2.45) is 0 Å². The standard InChI is InChI=1S/C28H28F3N5O/c1-18-4-7-21(8-5-18)17-34-10-12-35(13-11-34)27(37)24-16-26-32-23(22-9-6-19(2)20(3)14-22)15-25(28(29,30)31)36(26)33-24/h4-9,14-16H,10-13,17H2,1-3H3. The topological polar surface area (TPSA) is 53.7 Å². The summed E-state index contributed by atoms with van der Waals surface area (Å²) in [4.78, 5) is 21.5. The van der Waals surface area contributed by atoms with Crippen LogP contribution in [-0.2, 0) is 12.7 Å². The zero-order valence-corrected chi connectivity index (χ0v) is 21.0. The van der Waals surface area contributed by atoms with E-state index in [1.165, 1.54) is 17.2 Å². The summed E-state index contributed by atoms with van der Waals surface area (Å²) < 4.78 is 42.7. The van der Waals surface area contributed by atoms with E-state index in [4.69, 9.17) is 0 Å². The summed E-state index contributed by atoms with van der Waals surface area (Å²) in [6.45, 7) is 8.98. The molecular weight excluding hydrogens is 479 g/mol. The smallest absolute Gasteiger partial charge is 0.335 e.